The van der Waals surface area contributed by atoms with Gasteiger partial charge in [0.25, 0.3) is 0 Å². The molecule has 0 spiro atoms. The first-order chi connectivity index (χ1) is 7.78. The number of nitrogens with one attached hydrogen (secondary N) is 1. The van der Waals surface area contributed by atoms with Crippen LogP contribution in [-0.4, -0.2) is 12.6 Å². The standard InChI is InChI=1S/C14H20BrN/c1-2-16-14(9-11-6-7-11)10-12-4-3-5-13(15)8-12/h3-5,8,11,14,16H,2,6-7,9-10H2,1H3. The van der Waals surface area contributed by atoms with E-state index in [1.165, 1.54) is 29.3 Å². The number of halogens is 1. The predicted molar refractivity (Wildman–Crippen MR) is 72.7 cm³/mol. The average molecular weight is 282 g/mol. The van der Waals surface area contributed by atoms with Gasteiger partial charge in [0.05, 0.1) is 0 Å². The Morgan fingerprint density at radius 2 is 2.25 bits per heavy atom. The molecule has 0 amide bonds. The van der Waals surface area contributed by atoms with Crippen LogP contribution in [0.15, 0.2) is 28.7 Å². The van der Waals surface area contributed by atoms with Gasteiger partial charge in [0.1, 0.15) is 0 Å². The lowest BCUT2D eigenvalue weighted by molar-refractivity contribution is 0.466. The molecule has 0 heterocycles. The van der Waals surface area contributed by atoms with E-state index >= 15 is 0 Å². The van der Waals surface area contributed by atoms with Crippen molar-refractivity contribution in [3.05, 3.63) is 34.3 Å². The van der Waals surface area contributed by atoms with E-state index < -0.39 is 0 Å². The highest BCUT2D eigenvalue weighted by Gasteiger charge is 2.25. The molecule has 88 valence electrons. The van der Waals surface area contributed by atoms with Crippen molar-refractivity contribution in [3.63, 3.8) is 0 Å². The van der Waals surface area contributed by atoms with Crippen LogP contribution in [0.1, 0.15) is 31.7 Å². The van der Waals surface area contributed by atoms with Crippen molar-refractivity contribution in [1.29, 1.82) is 0 Å². The van der Waals surface area contributed by atoms with Crippen molar-refractivity contribution in [2.75, 3.05) is 6.54 Å². The zero-order chi connectivity index (χ0) is 11.4. The van der Waals surface area contributed by atoms with E-state index in [0.29, 0.717) is 6.04 Å². The van der Waals surface area contributed by atoms with Gasteiger partial charge in [0.2, 0.25) is 0 Å². The summed E-state index contributed by atoms with van der Waals surface area (Å²) in [6.07, 6.45) is 5.39. The van der Waals surface area contributed by atoms with Crippen LogP contribution in [0, 0.1) is 5.92 Å². The van der Waals surface area contributed by atoms with Crippen molar-refractivity contribution in [3.8, 4) is 0 Å². The number of hydrogen-bond acceptors (Lipinski definition) is 1. The fourth-order valence-electron chi connectivity index (χ4n) is 2.23. The third kappa shape index (κ3) is 3.91. The first-order valence-corrected chi connectivity index (χ1v) is 7.05. The minimum absolute atomic E-state index is 0.659. The Hall–Kier alpha value is -0.340. The molecule has 0 aliphatic heterocycles. The third-order valence-corrected chi connectivity index (χ3v) is 3.67. The fraction of sp³-hybridized carbons (Fsp3) is 0.571. The molecular weight excluding hydrogens is 262 g/mol. The van der Waals surface area contributed by atoms with E-state index in [2.05, 4.69) is 52.4 Å². The molecule has 16 heavy (non-hydrogen) atoms. The molecule has 0 radical (unpaired) electrons. The van der Waals surface area contributed by atoms with E-state index in [-0.39, 0.29) is 0 Å². The second kappa shape index (κ2) is 5.83. The van der Waals surface area contributed by atoms with Crippen LogP contribution < -0.4 is 5.32 Å². The number of hydrogen-bond donors (Lipinski definition) is 1. The van der Waals surface area contributed by atoms with Gasteiger partial charge in [-0.1, -0.05) is 47.8 Å². The topological polar surface area (TPSA) is 12.0 Å². The number of rotatable bonds is 6. The largest absolute Gasteiger partial charge is 0.314 e. The maximum Gasteiger partial charge on any atom is 0.0178 e. The molecule has 1 saturated carbocycles. The molecule has 2 rings (SSSR count). The van der Waals surface area contributed by atoms with Gasteiger partial charge in [-0.25, -0.2) is 0 Å². The maximum atomic E-state index is 3.61. The number of benzene rings is 1. The molecule has 1 nitrogen and oxygen atoms in total. The van der Waals surface area contributed by atoms with E-state index in [1.54, 1.807) is 0 Å². The summed E-state index contributed by atoms with van der Waals surface area (Å²) in [5, 5.41) is 3.61. The van der Waals surface area contributed by atoms with Crippen LogP contribution in [0.3, 0.4) is 0 Å². The fourth-order valence-corrected chi connectivity index (χ4v) is 2.68. The van der Waals surface area contributed by atoms with Crippen molar-refractivity contribution in [1.82, 2.24) is 5.32 Å². The molecule has 0 aromatic heterocycles. The Balaban J connectivity index is 1.92. The van der Waals surface area contributed by atoms with Crippen molar-refractivity contribution >= 4 is 15.9 Å². The molecule has 1 unspecified atom stereocenters. The number of likely N-dealkylation sites (N-methyl/N-ethyl adjacent to an activating group) is 1. The summed E-state index contributed by atoms with van der Waals surface area (Å²) < 4.78 is 1.19. The summed E-state index contributed by atoms with van der Waals surface area (Å²) in [5.41, 5.74) is 1.43. The summed E-state index contributed by atoms with van der Waals surface area (Å²) in [6, 6.07) is 9.33. The predicted octanol–water partition coefficient (Wildman–Crippen LogP) is 3.77. The first-order valence-electron chi connectivity index (χ1n) is 6.25. The maximum absolute atomic E-state index is 3.61. The lowest BCUT2D eigenvalue weighted by Gasteiger charge is -2.17. The summed E-state index contributed by atoms with van der Waals surface area (Å²) in [5.74, 6) is 0.996. The Kier molecular flexibility index (Phi) is 4.42. The van der Waals surface area contributed by atoms with Gasteiger partial charge < -0.3 is 5.32 Å². The zero-order valence-electron chi connectivity index (χ0n) is 9.88. The molecule has 1 atom stereocenters. The molecule has 1 aliphatic rings. The quantitative estimate of drug-likeness (QED) is 0.837. The van der Waals surface area contributed by atoms with E-state index in [4.69, 9.17) is 0 Å². The van der Waals surface area contributed by atoms with Gasteiger partial charge in [-0.05, 0) is 43.0 Å². The van der Waals surface area contributed by atoms with Crippen LogP contribution in [0.2, 0.25) is 0 Å². The van der Waals surface area contributed by atoms with Crippen molar-refractivity contribution in [2.24, 2.45) is 5.92 Å². The van der Waals surface area contributed by atoms with Crippen LogP contribution in [0.4, 0.5) is 0 Å². The Morgan fingerprint density at radius 1 is 1.44 bits per heavy atom. The van der Waals surface area contributed by atoms with E-state index in [1.807, 2.05) is 0 Å². The van der Waals surface area contributed by atoms with Crippen molar-refractivity contribution in [2.45, 2.75) is 38.6 Å². The Bertz CT molecular complexity index is 333. The van der Waals surface area contributed by atoms with Crippen LogP contribution >= 0.6 is 15.9 Å². The van der Waals surface area contributed by atoms with Gasteiger partial charge in [-0.3, -0.25) is 0 Å². The lowest BCUT2D eigenvalue weighted by Crippen LogP contribution is -2.31. The molecule has 1 aromatic rings. The van der Waals surface area contributed by atoms with Crippen LogP contribution in [0.25, 0.3) is 0 Å². The molecule has 0 saturated heterocycles. The van der Waals surface area contributed by atoms with Crippen LogP contribution in [-0.2, 0) is 6.42 Å². The minimum Gasteiger partial charge on any atom is -0.314 e. The molecule has 2 heteroatoms. The Labute approximate surface area is 107 Å². The zero-order valence-corrected chi connectivity index (χ0v) is 11.5. The average Bonchev–Trinajstić information content (AvgIpc) is 3.02. The second-order valence-electron chi connectivity index (χ2n) is 4.77. The Morgan fingerprint density at radius 3 is 2.88 bits per heavy atom. The van der Waals surface area contributed by atoms with E-state index in [9.17, 15) is 0 Å². The van der Waals surface area contributed by atoms with E-state index in [0.717, 1.165) is 18.9 Å². The lowest BCUT2D eigenvalue weighted by atomic mass is 10.0. The summed E-state index contributed by atoms with van der Waals surface area (Å²) >= 11 is 3.53. The minimum atomic E-state index is 0.659. The van der Waals surface area contributed by atoms with Gasteiger partial charge in [0.15, 0.2) is 0 Å². The molecule has 0 bridgehead atoms. The summed E-state index contributed by atoms with van der Waals surface area (Å²) in [4.78, 5) is 0. The second-order valence-corrected chi connectivity index (χ2v) is 5.68. The molecule has 1 aromatic carbocycles. The first kappa shape index (κ1) is 12.1. The molecule has 1 fully saturated rings. The van der Waals surface area contributed by atoms with Gasteiger partial charge in [-0.15, -0.1) is 0 Å². The smallest absolute Gasteiger partial charge is 0.0178 e. The molecule has 1 aliphatic carbocycles. The van der Waals surface area contributed by atoms with Crippen LogP contribution in [0.5, 0.6) is 0 Å². The van der Waals surface area contributed by atoms with Crippen molar-refractivity contribution < 1.29 is 0 Å². The van der Waals surface area contributed by atoms with Gasteiger partial charge >= 0.3 is 0 Å². The van der Waals surface area contributed by atoms with Gasteiger partial charge in [0, 0.05) is 10.5 Å². The monoisotopic (exact) mass is 281 g/mol. The highest BCUT2D eigenvalue weighted by Crippen LogP contribution is 2.34. The summed E-state index contributed by atoms with van der Waals surface area (Å²) in [6.45, 7) is 3.27. The van der Waals surface area contributed by atoms with Gasteiger partial charge in [-0.2, -0.15) is 0 Å². The highest BCUT2D eigenvalue weighted by molar-refractivity contribution is 9.10. The SMILES string of the molecule is CCNC(Cc1cccc(Br)c1)CC1CC1. The molecule has 1 N–H and O–H groups in total. The molecular formula is C14H20BrN. The highest BCUT2D eigenvalue weighted by atomic mass is 79.9. The third-order valence-electron chi connectivity index (χ3n) is 3.18. The normalized spacial score (nSPS) is 17.4. The summed E-state index contributed by atoms with van der Waals surface area (Å²) in [7, 11) is 0.